The largest absolute Gasteiger partial charge is 0.325 e. The Morgan fingerprint density at radius 3 is 2.23 bits per heavy atom. The Balaban J connectivity index is 1.78. The zero-order valence-corrected chi connectivity index (χ0v) is 15.6. The molecule has 0 bridgehead atoms. The SMILES string of the molecule is Cc1ccc(NC(=O)CS[C@H](C)C(=O)Nc2ccc(CC#N)cc2)cc1. The molecular formula is C20H21N3O2S. The number of rotatable bonds is 7. The molecule has 1 atom stereocenters. The van der Waals surface area contributed by atoms with Crippen LogP contribution in [-0.2, 0) is 16.0 Å². The van der Waals surface area contributed by atoms with Crippen LogP contribution >= 0.6 is 11.8 Å². The Morgan fingerprint density at radius 1 is 1.04 bits per heavy atom. The van der Waals surface area contributed by atoms with Crippen molar-refractivity contribution in [1.29, 1.82) is 5.26 Å². The van der Waals surface area contributed by atoms with E-state index in [2.05, 4.69) is 16.7 Å². The molecule has 0 aliphatic carbocycles. The minimum absolute atomic E-state index is 0.139. The third kappa shape index (κ3) is 6.26. The Morgan fingerprint density at radius 2 is 1.62 bits per heavy atom. The molecule has 2 rings (SSSR count). The second-order valence-electron chi connectivity index (χ2n) is 5.89. The van der Waals surface area contributed by atoms with Crippen molar-refractivity contribution in [2.45, 2.75) is 25.5 Å². The lowest BCUT2D eigenvalue weighted by molar-refractivity contribution is -0.115. The molecule has 2 aromatic rings. The van der Waals surface area contributed by atoms with Crippen molar-refractivity contribution in [2.24, 2.45) is 0 Å². The number of nitrogens with one attached hydrogen (secondary N) is 2. The first-order valence-corrected chi connectivity index (χ1v) is 9.27. The number of nitrogens with zero attached hydrogens (tertiary/aromatic N) is 1. The van der Waals surface area contributed by atoms with Crippen LogP contribution in [0.2, 0.25) is 0 Å². The highest BCUT2D eigenvalue weighted by atomic mass is 32.2. The third-order valence-electron chi connectivity index (χ3n) is 3.67. The van der Waals surface area contributed by atoms with E-state index in [0.717, 1.165) is 16.8 Å². The topological polar surface area (TPSA) is 82.0 Å². The molecule has 134 valence electrons. The van der Waals surface area contributed by atoms with E-state index in [4.69, 9.17) is 5.26 Å². The molecular weight excluding hydrogens is 346 g/mol. The Hall–Kier alpha value is -2.78. The first kappa shape index (κ1) is 19.5. The summed E-state index contributed by atoms with van der Waals surface area (Å²) in [5.74, 6) is -0.102. The predicted molar refractivity (Wildman–Crippen MR) is 106 cm³/mol. The van der Waals surface area contributed by atoms with Crippen molar-refractivity contribution in [3.63, 3.8) is 0 Å². The van der Waals surface area contributed by atoms with Gasteiger partial charge in [0, 0.05) is 11.4 Å². The van der Waals surface area contributed by atoms with E-state index < -0.39 is 0 Å². The first-order valence-electron chi connectivity index (χ1n) is 8.23. The van der Waals surface area contributed by atoms with Crippen molar-refractivity contribution in [3.05, 3.63) is 59.7 Å². The fourth-order valence-electron chi connectivity index (χ4n) is 2.15. The molecule has 0 aromatic heterocycles. The van der Waals surface area contributed by atoms with E-state index in [1.807, 2.05) is 43.3 Å². The highest BCUT2D eigenvalue weighted by Gasteiger charge is 2.15. The molecule has 0 heterocycles. The zero-order chi connectivity index (χ0) is 18.9. The molecule has 0 aliphatic rings. The normalized spacial score (nSPS) is 11.3. The van der Waals surface area contributed by atoms with E-state index in [9.17, 15) is 9.59 Å². The smallest absolute Gasteiger partial charge is 0.237 e. The van der Waals surface area contributed by atoms with Gasteiger partial charge in [-0.1, -0.05) is 29.8 Å². The summed E-state index contributed by atoms with van der Waals surface area (Å²) in [4.78, 5) is 24.2. The minimum atomic E-state index is -0.363. The van der Waals surface area contributed by atoms with Crippen molar-refractivity contribution in [3.8, 4) is 6.07 Å². The van der Waals surface area contributed by atoms with Gasteiger partial charge in [0.2, 0.25) is 11.8 Å². The quantitative estimate of drug-likeness (QED) is 0.781. The van der Waals surface area contributed by atoms with Crippen LogP contribution in [0.5, 0.6) is 0 Å². The molecule has 0 saturated carbocycles. The van der Waals surface area contributed by atoms with Gasteiger partial charge in [-0.3, -0.25) is 9.59 Å². The van der Waals surface area contributed by atoms with Crippen LogP contribution in [0.3, 0.4) is 0 Å². The highest BCUT2D eigenvalue weighted by Crippen LogP contribution is 2.16. The monoisotopic (exact) mass is 367 g/mol. The summed E-state index contributed by atoms with van der Waals surface area (Å²) in [7, 11) is 0. The number of hydrogen-bond donors (Lipinski definition) is 2. The number of anilines is 2. The average Bonchev–Trinajstić information content (AvgIpc) is 2.63. The molecule has 2 aromatic carbocycles. The Labute approximate surface area is 157 Å². The predicted octanol–water partition coefficient (Wildman–Crippen LogP) is 3.76. The molecule has 5 nitrogen and oxygen atoms in total. The second-order valence-corrected chi connectivity index (χ2v) is 7.22. The van der Waals surface area contributed by atoms with Gasteiger partial charge in [0.25, 0.3) is 0 Å². The van der Waals surface area contributed by atoms with Crippen LogP contribution < -0.4 is 10.6 Å². The van der Waals surface area contributed by atoms with Crippen molar-refractivity contribution in [2.75, 3.05) is 16.4 Å². The molecule has 2 amide bonds. The van der Waals surface area contributed by atoms with Gasteiger partial charge in [0.05, 0.1) is 23.5 Å². The summed E-state index contributed by atoms with van der Waals surface area (Å²) in [6, 6.07) is 16.8. The molecule has 0 aliphatic heterocycles. The van der Waals surface area contributed by atoms with Crippen LogP contribution in [-0.4, -0.2) is 22.8 Å². The summed E-state index contributed by atoms with van der Waals surface area (Å²) in [6.45, 7) is 3.75. The van der Waals surface area contributed by atoms with Gasteiger partial charge in [-0.15, -0.1) is 11.8 Å². The molecule has 6 heteroatoms. The lowest BCUT2D eigenvalue weighted by atomic mass is 10.1. The van der Waals surface area contributed by atoms with Crippen LogP contribution in [0, 0.1) is 18.3 Å². The molecule has 0 spiro atoms. The maximum Gasteiger partial charge on any atom is 0.237 e. The summed E-state index contributed by atoms with van der Waals surface area (Å²) in [6.07, 6.45) is 0.344. The van der Waals surface area contributed by atoms with Crippen molar-refractivity contribution in [1.82, 2.24) is 0 Å². The van der Waals surface area contributed by atoms with E-state index in [0.29, 0.717) is 12.1 Å². The van der Waals surface area contributed by atoms with Crippen LogP contribution in [0.4, 0.5) is 11.4 Å². The van der Waals surface area contributed by atoms with Gasteiger partial charge in [0.1, 0.15) is 0 Å². The van der Waals surface area contributed by atoms with E-state index in [1.165, 1.54) is 11.8 Å². The number of benzene rings is 2. The van der Waals surface area contributed by atoms with Crippen molar-refractivity contribution >= 4 is 35.0 Å². The van der Waals surface area contributed by atoms with Gasteiger partial charge in [-0.05, 0) is 43.7 Å². The molecule has 2 N–H and O–H groups in total. The number of amides is 2. The van der Waals surface area contributed by atoms with E-state index in [-0.39, 0.29) is 22.8 Å². The first-order chi connectivity index (χ1) is 12.5. The summed E-state index contributed by atoms with van der Waals surface area (Å²) >= 11 is 1.28. The highest BCUT2D eigenvalue weighted by molar-refractivity contribution is 8.01. The molecule has 0 radical (unpaired) electrons. The number of aryl methyl sites for hydroxylation is 1. The van der Waals surface area contributed by atoms with Gasteiger partial charge >= 0.3 is 0 Å². The molecule has 26 heavy (non-hydrogen) atoms. The van der Waals surface area contributed by atoms with Crippen LogP contribution in [0.15, 0.2) is 48.5 Å². The standard InChI is InChI=1S/C20H21N3O2S/c1-14-3-7-17(8-4-14)22-19(24)13-26-15(2)20(25)23-18-9-5-16(6-10-18)11-12-21/h3-10,15H,11,13H2,1-2H3,(H,22,24)(H,23,25)/t15-/m1/s1. The molecule has 0 saturated heterocycles. The number of carbonyl (C=O) groups is 2. The maximum absolute atomic E-state index is 12.2. The molecule has 0 fully saturated rings. The zero-order valence-electron chi connectivity index (χ0n) is 14.8. The summed E-state index contributed by atoms with van der Waals surface area (Å²) in [5, 5.41) is 13.9. The second kappa shape index (κ2) is 9.64. The van der Waals surface area contributed by atoms with Gasteiger partial charge in [-0.2, -0.15) is 5.26 Å². The number of hydrogen-bond acceptors (Lipinski definition) is 4. The van der Waals surface area contributed by atoms with Crippen molar-refractivity contribution < 1.29 is 9.59 Å². The lowest BCUT2D eigenvalue weighted by Gasteiger charge is -2.12. The lowest BCUT2D eigenvalue weighted by Crippen LogP contribution is -2.25. The fourth-order valence-corrected chi connectivity index (χ4v) is 2.84. The maximum atomic E-state index is 12.2. The Kier molecular flexibility index (Phi) is 7.24. The van der Waals surface area contributed by atoms with E-state index >= 15 is 0 Å². The third-order valence-corrected chi connectivity index (χ3v) is 4.82. The van der Waals surface area contributed by atoms with E-state index in [1.54, 1.807) is 19.1 Å². The Bertz CT molecular complexity index is 795. The van der Waals surface area contributed by atoms with Crippen LogP contribution in [0.1, 0.15) is 18.1 Å². The average molecular weight is 367 g/mol. The summed E-state index contributed by atoms with van der Waals surface area (Å²) in [5.41, 5.74) is 3.45. The fraction of sp³-hybridized carbons (Fsp3) is 0.250. The van der Waals surface area contributed by atoms with Gasteiger partial charge in [-0.25, -0.2) is 0 Å². The van der Waals surface area contributed by atoms with Crippen LogP contribution in [0.25, 0.3) is 0 Å². The molecule has 0 unspecified atom stereocenters. The van der Waals surface area contributed by atoms with Gasteiger partial charge in [0.15, 0.2) is 0 Å². The number of nitriles is 1. The number of thioether (sulfide) groups is 1. The number of carbonyl (C=O) groups excluding carboxylic acids is 2. The van der Waals surface area contributed by atoms with Gasteiger partial charge < -0.3 is 10.6 Å². The summed E-state index contributed by atoms with van der Waals surface area (Å²) < 4.78 is 0. The minimum Gasteiger partial charge on any atom is -0.325 e.